The van der Waals surface area contributed by atoms with E-state index in [-0.39, 0.29) is 0 Å². The molecule has 1 aromatic rings. The first kappa shape index (κ1) is 10.3. The Morgan fingerprint density at radius 2 is 2.36 bits per heavy atom. The van der Waals surface area contributed by atoms with Crippen LogP contribution >= 0.6 is 0 Å². The van der Waals surface area contributed by atoms with Gasteiger partial charge < -0.3 is 10.5 Å². The number of anilines is 1. The maximum Gasteiger partial charge on any atom is 0.329 e. The van der Waals surface area contributed by atoms with Gasteiger partial charge in [-0.1, -0.05) is 18.7 Å². The molecule has 74 valence electrons. The van der Waals surface area contributed by atoms with Crippen LogP contribution in [0.1, 0.15) is 11.1 Å². The molecule has 14 heavy (non-hydrogen) atoms. The van der Waals surface area contributed by atoms with Crippen LogP contribution < -0.4 is 5.73 Å². The highest BCUT2D eigenvalue weighted by Gasteiger charge is 2.17. The minimum Gasteiger partial charge on any atom is -0.466 e. The summed E-state index contributed by atoms with van der Waals surface area (Å²) in [4.78, 5) is 9.84. The number of carbonyl (C=O) groups excluding carboxylic acids is 1. The number of fused-ring (bicyclic) bond motifs is 1. The topological polar surface area (TPSA) is 52.3 Å². The van der Waals surface area contributed by atoms with Gasteiger partial charge in [-0.3, -0.25) is 0 Å². The highest BCUT2D eigenvalue weighted by Crippen LogP contribution is 2.32. The van der Waals surface area contributed by atoms with Gasteiger partial charge in [0.25, 0.3) is 0 Å². The maximum absolute atomic E-state index is 9.84. The van der Waals surface area contributed by atoms with Crippen molar-refractivity contribution in [1.82, 2.24) is 0 Å². The molecule has 1 aromatic carbocycles. The van der Waals surface area contributed by atoms with Gasteiger partial charge in [-0.15, -0.1) is 0 Å². The van der Waals surface area contributed by atoms with Crippen LogP contribution in [0.3, 0.4) is 0 Å². The molecule has 0 unspecified atom stereocenters. The van der Waals surface area contributed by atoms with Crippen LogP contribution in [0.2, 0.25) is 0 Å². The average molecular weight is 191 g/mol. The number of hydrogen-bond donors (Lipinski definition) is 1. The first-order valence-corrected chi connectivity index (χ1v) is 4.25. The van der Waals surface area contributed by atoms with Crippen molar-refractivity contribution in [2.45, 2.75) is 6.42 Å². The van der Waals surface area contributed by atoms with Crippen molar-refractivity contribution in [1.29, 1.82) is 0 Å². The van der Waals surface area contributed by atoms with E-state index in [1.165, 1.54) is 18.2 Å². The van der Waals surface area contributed by atoms with E-state index in [0.29, 0.717) is 0 Å². The Morgan fingerprint density at radius 3 is 2.71 bits per heavy atom. The molecule has 0 aromatic heterocycles. The summed E-state index contributed by atoms with van der Waals surface area (Å²) in [5.41, 5.74) is 9.31. The molecule has 3 nitrogen and oxygen atoms in total. The van der Waals surface area contributed by atoms with E-state index in [1.807, 2.05) is 12.1 Å². The molecule has 0 aliphatic heterocycles. The Kier molecular flexibility index (Phi) is 3.29. The van der Waals surface area contributed by atoms with Gasteiger partial charge in [0.15, 0.2) is 0 Å². The summed E-state index contributed by atoms with van der Waals surface area (Å²) in [5.74, 6) is -0.394. The fraction of sp³-hybridized carbons (Fsp3) is 0.182. The van der Waals surface area contributed by atoms with Crippen LogP contribution in [0.5, 0.6) is 0 Å². The minimum atomic E-state index is -0.394. The van der Waals surface area contributed by atoms with E-state index in [9.17, 15) is 4.79 Å². The summed E-state index contributed by atoms with van der Waals surface area (Å²) in [6.45, 7) is 3.16. The summed E-state index contributed by atoms with van der Waals surface area (Å²) >= 11 is 0. The molecule has 1 aliphatic carbocycles. The van der Waals surface area contributed by atoms with Gasteiger partial charge in [-0.25, -0.2) is 4.79 Å². The van der Waals surface area contributed by atoms with Crippen molar-refractivity contribution in [3.63, 3.8) is 0 Å². The number of esters is 1. The lowest BCUT2D eigenvalue weighted by molar-refractivity contribution is -0.134. The van der Waals surface area contributed by atoms with Crippen molar-refractivity contribution in [3.05, 3.63) is 42.0 Å². The van der Waals surface area contributed by atoms with Gasteiger partial charge in [-0.05, 0) is 17.2 Å². The van der Waals surface area contributed by atoms with Crippen molar-refractivity contribution < 1.29 is 9.53 Å². The summed E-state index contributed by atoms with van der Waals surface area (Å²) in [5, 5.41) is 0. The third-order valence-electron chi connectivity index (χ3n) is 1.92. The number of methoxy groups -OCH3 is 1. The largest absolute Gasteiger partial charge is 0.466 e. The molecular weight excluding hydrogens is 178 g/mol. The standard InChI is InChI=1S/C7H7N.C4H6O2/c8-7-3-1-2-5-4-6(5)7;1-3-4(5)6-2/h1-3H,4,8H2;3H,1H2,2H3. The van der Waals surface area contributed by atoms with E-state index < -0.39 is 5.97 Å². The van der Waals surface area contributed by atoms with Crippen molar-refractivity contribution in [3.8, 4) is 0 Å². The third kappa shape index (κ3) is 2.62. The monoisotopic (exact) mass is 191 g/mol. The first-order valence-electron chi connectivity index (χ1n) is 4.25. The second-order valence-corrected chi connectivity index (χ2v) is 2.89. The van der Waals surface area contributed by atoms with Crippen molar-refractivity contribution >= 4 is 11.7 Å². The predicted molar refractivity (Wildman–Crippen MR) is 55.9 cm³/mol. The van der Waals surface area contributed by atoms with Gasteiger partial charge in [-0.2, -0.15) is 0 Å². The number of ether oxygens (including phenoxy) is 1. The van der Waals surface area contributed by atoms with E-state index in [2.05, 4.69) is 17.4 Å². The minimum absolute atomic E-state index is 0.394. The van der Waals surface area contributed by atoms with E-state index in [4.69, 9.17) is 5.73 Å². The Bertz CT molecular complexity index is 358. The van der Waals surface area contributed by atoms with Crippen molar-refractivity contribution in [2.24, 2.45) is 0 Å². The Labute approximate surface area is 83.2 Å². The second-order valence-electron chi connectivity index (χ2n) is 2.89. The lowest BCUT2D eigenvalue weighted by Gasteiger charge is -1.83. The fourth-order valence-electron chi connectivity index (χ4n) is 1.05. The van der Waals surface area contributed by atoms with E-state index >= 15 is 0 Å². The predicted octanol–water partition coefficient (Wildman–Crippen LogP) is 1.52. The zero-order valence-corrected chi connectivity index (χ0v) is 8.12. The molecule has 0 fully saturated rings. The lowest BCUT2D eigenvalue weighted by atomic mass is 10.3. The summed E-state index contributed by atoms with van der Waals surface area (Å²) in [7, 11) is 1.31. The number of nitrogen functional groups attached to an aromatic ring is 1. The molecule has 0 amide bonds. The second kappa shape index (κ2) is 4.46. The molecular formula is C11H13NO2. The summed E-state index contributed by atoms with van der Waals surface area (Å²) < 4.78 is 4.14. The smallest absolute Gasteiger partial charge is 0.329 e. The zero-order chi connectivity index (χ0) is 10.6. The number of rotatable bonds is 1. The molecule has 0 saturated heterocycles. The molecule has 0 atom stereocenters. The van der Waals surface area contributed by atoms with Crippen LogP contribution in [-0.2, 0) is 16.0 Å². The van der Waals surface area contributed by atoms with E-state index in [1.54, 1.807) is 0 Å². The number of hydrogen-bond acceptors (Lipinski definition) is 3. The summed E-state index contributed by atoms with van der Waals surface area (Å²) in [6.07, 6.45) is 2.23. The molecule has 1 aliphatic rings. The highest BCUT2D eigenvalue weighted by atomic mass is 16.5. The molecule has 0 spiro atoms. The van der Waals surface area contributed by atoms with E-state index in [0.717, 1.165) is 18.2 Å². The van der Waals surface area contributed by atoms with Crippen LogP contribution in [0, 0.1) is 0 Å². The third-order valence-corrected chi connectivity index (χ3v) is 1.92. The molecule has 0 radical (unpaired) electrons. The lowest BCUT2D eigenvalue weighted by Crippen LogP contribution is -1.91. The number of carbonyl (C=O) groups is 1. The fourth-order valence-corrected chi connectivity index (χ4v) is 1.05. The maximum atomic E-state index is 9.84. The van der Waals surface area contributed by atoms with Gasteiger partial charge in [0, 0.05) is 18.2 Å². The van der Waals surface area contributed by atoms with Crippen LogP contribution in [0.15, 0.2) is 30.9 Å². The van der Waals surface area contributed by atoms with Crippen LogP contribution in [0.4, 0.5) is 5.69 Å². The molecule has 0 bridgehead atoms. The Morgan fingerprint density at radius 1 is 1.64 bits per heavy atom. The quantitative estimate of drug-likeness (QED) is 0.422. The summed E-state index contributed by atoms with van der Waals surface area (Å²) in [6, 6.07) is 6.07. The zero-order valence-electron chi connectivity index (χ0n) is 8.12. The van der Waals surface area contributed by atoms with Gasteiger partial charge in [0.1, 0.15) is 0 Å². The van der Waals surface area contributed by atoms with Crippen LogP contribution in [0.25, 0.3) is 0 Å². The average Bonchev–Trinajstić information content (AvgIpc) is 2.98. The first-order chi connectivity index (χ1) is 6.69. The van der Waals surface area contributed by atoms with Gasteiger partial charge in [0.05, 0.1) is 7.11 Å². The molecule has 2 N–H and O–H groups in total. The number of benzene rings is 1. The van der Waals surface area contributed by atoms with Gasteiger partial charge in [0.2, 0.25) is 0 Å². The molecule has 0 saturated carbocycles. The molecule has 2 rings (SSSR count). The highest BCUT2D eigenvalue weighted by molar-refractivity contribution is 5.80. The van der Waals surface area contributed by atoms with Crippen LogP contribution in [-0.4, -0.2) is 13.1 Å². The normalized spacial score (nSPS) is 10.4. The Hall–Kier alpha value is -1.77. The SMILES string of the molecule is C=CC(=O)OC.Nc1cccc2c1C2. The molecule has 0 heterocycles. The Balaban J connectivity index is 0.000000149. The molecule has 3 heteroatoms. The van der Waals surface area contributed by atoms with Crippen molar-refractivity contribution in [2.75, 3.05) is 12.8 Å². The van der Waals surface area contributed by atoms with Gasteiger partial charge >= 0.3 is 5.97 Å². The number of nitrogens with two attached hydrogens (primary N) is 1.